The molecule has 0 radical (unpaired) electrons. The molecule has 0 saturated heterocycles. The molecule has 21 heavy (non-hydrogen) atoms. The molecular weight excluding hydrogens is 264 g/mol. The van der Waals surface area contributed by atoms with Gasteiger partial charge in [0.25, 0.3) is 0 Å². The third-order valence-electron chi connectivity index (χ3n) is 4.05. The van der Waals surface area contributed by atoms with Gasteiger partial charge in [0.1, 0.15) is 5.76 Å². The van der Waals surface area contributed by atoms with Crippen LogP contribution in [0.25, 0.3) is 0 Å². The predicted molar refractivity (Wildman–Crippen MR) is 82.4 cm³/mol. The number of allylic oxidation sites excluding steroid dienone is 2. The number of aliphatic hydroxyl groups excluding tert-OH is 1. The summed E-state index contributed by atoms with van der Waals surface area (Å²) in [6.07, 6.45) is 2.67. The van der Waals surface area contributed by atoms with Crippen LogP contribution in [0.5, 0.6) is 0 Å². The number of Topliss-reactive ketones (excluding diaryl/α,β-unsaturated/α-hetero) is 2. The zero-order chi connectivity index (χ0) is 15.4. The highest BCUT2D eigenvalue weighted by Gasteiger charge is 2.31. The number of hydrogen-bond acceptors (Lipinski definition) is 3. The van der Waals surface area contributed by atoms with Crippen molar-refractivity contribution in [1.82, 2.24) is 0 Å². The molecule has 0 aromatic heterocycles. The van der Waals surface area contributed by atoms with Crippen molar-refractivity contribution in [2.75, 3.05) is 0 Å². The van der Waals surface area contributed by atoms with Gasteiger partial charge in [-0.2, -0.15) is 0 Å². The Balaban J connectivity index is 2.20. The summed E-state index contributed by atoms with van der Waals surface area (Å²) in [6, 6.07) is 8.14. The van der Waals surface area contributed by atoms with Crippen LogP contribution in [0.2, 0.25) is 0 Å². The summed E-state index contributed by atoms with van der Waals surface area (Å²) in [7, 11) is 0. The Kier molecular flexibility index (Phi) is 4.94. The second-order valence-electron chi connectivity index (χ2n) is 5.62. The molecule has 0 aliphatic heterocycles. The second-order valence-corrected chi connectivity index (χ2v) is 5.62. The summed E-state index contributed by atoms with van der Waals surface area (Å²) in [6.45, 7) is 3.99. The lowest BCUT2D eigenvalue weighted by Gasteiger charge is -2.23. The first-order chi connectivity index (χ1) is 10.1. The molecule has 1 atom stereocenters. The molecule has 0 fully saturated rings. The SMILES string of the molecule is CCCC(=O)C1=C(O)CC(c2ccc(CC)cc2)CC1=O. The van der Waals surface area contributed by atoms with Crippen molar-refractivity contribution in [2.24, 2.45) is 0 Å². The summed E-state index contributed by atoms with van der Waals surface area (Å²) in [5.74, 6) is -0.502. The Morgan fingerprint density at radius 2 is 1.86 bits per heavy atom. The topological polar surface area (TPSA) is 54.4 Å². The van der Waals surface area contributed by atoms with Gasteiger partial charge in [0.05, 0.1) is 5.57 Å². The van der Waals surface area contributed by atoms with Gasteiger partial charge >= 0.3 is 0 Å². The van der Waals surface area contributed by atoms with E-state index in [1.54, 1.807) is 0 Å². The van der Waals surface area contributed by atoms with E-state index in [1.165, 1.54) is 5.56 Å². The monoisotopic (exact) mass is 286 g/mol. The van der Waals surface area contributed by atoms with Gasteiger partial charge in [-0.15, -0.1) is 0 Å². The van der Waals surface area contributed by atoms with Gasteiger partial charge in [-0.1, -0.05) is 38.1 Å². The average molecular weight is 286 g/mol. The minimum atomic E-state index is -0.222. The molecule has 1 unspecified atom stereocenters. The van der Waals surface area contributed by atoms with E-state index in [0.717, 1.165) is 12.0 Å². The lowest BCUT2D eigenvalue weighted by atomic mass is 9.81. The smallest absolute Gasteiger partial charge is 0.170 e. The van der Waals surface area contributed by atoms with E-state index in [4.69, 9.17) is 0 Å². The summed E-state index contributed by atoms with van der Waals surface area (Å²) >= 11 is 0. The van der Waals surface area contributed by atoms with E-state index < -0.39 is 0 Å². The molecule has 0 saturated carbocycles. The lowest BCUT2D eigenvalue weighted by Crippen LogP contribution is -2.23. The van der Waals surface area contributed by atoms with Gasteiger partial charge in [-0.3, -0.25) is 9.59 Å². The van der Waals surface area contributed by atoms with Crippen LogP contribution in [-0.2, 0) is 16.0 Å². The van der Waals surface area contributed by atoms with E-state index in [2.05, 4.69) is 19.1 Å². The molecular formula is C18H22O3. The lowest BCUT2D eigenvalue weighted by molar-refractivity contribution is -0.122. The van der Waals surface area contributed by atoms with Crippen molar-refractivity contribution in [3.8, 4) is 0 Å². The average Bonchev–Trinajstić information content (AvgIpc) is 2.47. The van der Waals surface area contributed by atoms with Gasteiger partial charge in [0.15, 0.2) is 11.6 Å². The van der Waals surface area contributed by atoms with E-state index in [1.807, 2.05) is 19.1 Å². The van der Waals surface area contributed by atoms with Gasteiger partial charge in [-0.25, -0.2) is 0 Å². The first-order valence-electron chi connectivity index (χ1n) is 7.64. The van der Waals surface area contributed by atoms with Crippen molar-refractivity contribution in [2.45, 2.75) is 51.9 Å². The predicted octanol–water partition coefficient (Wildman–Crippen LogP) is 3.88. The highest BCUT2D eigenvalue weighted by atomic mass is 16.3. The molecule has 0 spiro atoms. The normalized spacial score (nSPS) is 19.0. The quantitative estimate of drug-likeness (QED) is 0.836. The molecule has 1 aromatic rings. The van der Waals surface area contributed by atoms with Crippen LogP contribution in [-0.4, -0.2) is 16.7 Å². The van der Waals surface area contributed by atoms with Crippen molar-refractivity contribution in [3.63, 3.8) is 0 Å². The van der Waals surface area contributed by atoms with Gasteiger partial charge in [-0.05, 0) is 29.9 Å². The summed E-state index contributed by atoms with van der Waals surface area (Å²) < 4.78 is 0. The molecule has 1 aromatic carbocycles. The Morgan fingerprint density at radius 3 is 2.38 bits per heavy atom. The number of hydrogen-bond donors (Lipinski definition) is 1. The molecule has 0 bridgehead atoms. The largest absolute Gasteiger partial charge is 0.511 e. The fourth-order valence-corrected chi connectivity index (χ4v) is 2.82. The maximum Gasteiger partial charge on any atom is 0.170 e. The Labute approximate surface area is 125 Å². The number of carbonyl (C=O) groups excluding carboxylic acids is 2. The fraction of sp³-hybridized carbons (Fsp3) is 0.444. The number of rotatable bonds is 5. The Hall–Kier alpha value is -1.90. The van der Waals surface area contributed by atoms with Crippen molar-refractivity contribution in [3.05, 3.63) is 46.7 Å². The minimum Gasteiger partial charge on any atom is -0.511 e. The molecule has 0 amide bonds. The summed E-state index contributed by atoms with van der Waals surface area (Å²) in [5, 5.41) is 10.1. The van der Waals surface area contributed by atoms with E-state index in [-0.39, 0.29) is 28.8 Å². The van der Waals surface area contributed by atoms with Crippen LogP contribution in [0.15, 0.2) is 35.6 Å². The van der Waals surface area contributed by atoms with E-state index in [9.17, 15) is 14.7 Å². The van der Waals surface area contributed by atoms with Gasteiger partial charge < -0.3 is 5.11 Å². The van der Waals surface area contributed by atoms with Crippen molar-refractivity contribution < 1.29 is 14.7 Å². The van der Waals surface area contributed by atoms with Crippen LogP contribution in [0.1, 0.15) is 56.6 Å². The number of aryl methyl sites for hydroxylation is 1. The molecule has 1 N–H and O–H groups in total. The van der Waals surface area contributed by atoms with Crippen LogP contribution < -0.4 is 0 Å². The molecule has 112 valence electrons. The first-order valence-corrected chi connectivity index (χ1v) is 7.64. The zero-order valence-electron chi connectivity index (χ0n) is 12.7. The van der Waals surface area contributed by atoms with Gasteiger partial charge in [0, 0.05) is 19.3 Å². The summed E-state index contributed by atoms with van der Waals surface area (Å²) in [4.78, 5) is 24.1. The maximum absolute atomic E-state index is 12.2. The maximum atomic E-state index is 12.2. The molecule has 2 rings (SSSR count). The zero-order valence-corrected chi connectivity index (χ0v) is 12.7. The summed E-state index contributed by atoms with van der Waals surface area (Å²) in [5.41, 5.74) is 2.34. The molecule has 1 aliphatic rings. The molecule has 1 aliphatic carbocycles. The van der Waals surface area contributed by atoms with Crippen LogP contribution in [0, 0.1) is 0 Å². The fourth-order valence-electron chi connectivity index (χ4n) is 2.82. The molecule has 0 heterocycles. The Bertz CT molecular complexity index is 567. The van der Waals surface area contributed by atoms with Crippen molar-refractivity contribution >= 4 is 11.6 Å². The van der Waals surface area contributed by atoms with Crippen molar-refractivity contribution in [1.29, 1.82) is 0 Å². The number of carbonyl (C=O) groups is 2. The molecule has 3 nitrogen and oxygen atoms in total. The number of benzene rings is 1. The number of aliphatic hydroxyl groups is 1. The highest BCUT2D eigenvalue weighted by molar-refractivity contribution is 6.21. The highest BCUT2D eigenvalue weighted by Crippen LogP contribution is 2.34. The minimum absolute atomic E-state index is 0.0263. The standard InChI is InChI=1S/C18H22O3/c1-3-5-15(19)18-16(20)10-14(11-17(18)21)13-8-6-12(4-2)7-9-13/h6-9,14,20H,3-5,10-11H2,1-2H3. The van der Waals surface area contributed by atoms with E-state index in [0.29, 0.717) is 25.7 Å². The van der Waals surface area contributed by atoms with Crippen LogP contribution in [0.4, 0.5) is 0 Å². The van der Waals surface area contributed by atoms with E-state index >= 15 is 0 Å². The molecule has 3 heteroatoms. The third-order valence-corrected chi connectivity index (χ3v) is 4.05. The van der Waals surface area contributed by atoms with Crippen LogP contribution >= 0.6 is 0 Å². The first kappa shape index (κ1) is 15.5. The third kappa shape index (κ3) is 3.41. The van der Waals surface area contributed by atoms with Gasteiger partial charge in [0.2, 0.25) is 0 Å². The second kappa shape index (κ2) is 6.70. The number of ketones is 2. The Morgan fingerprint density at radius 1 is 1.19 bits per heavy atom. The van der Waals surface area contributed by atoms with Crippen LogP contribution in [0.3, 0.4) is 0 Å².